The number of piperidine rings is 1. The van der Waals surface area contributed by atoms with Gasteiger partial charge in [0, 0.05) is 0 Å². The summed E-state index contributed by atoms with van der Waals surface area (Å²) in [4.78, 5) is 27.7. The number of phosphoric ester groups is 1. The maximum atomic E-state index is 10.8. The van der Waals surface area contributed by atoms with Crippen LogP contribution in [-0.2, 0) is 13.9 Å². The van der Waals surface area contributed by atoms with E-state index in [0.717, 1.165) is 12.8 Å². The summed E-state index contributed by atoms with van der Waals surface area (Å²) in [6, 6.07) is -0.503. The predicted octanol–water partition coefficient (Wildman–Crippen LogP) is 0.329. The van der Waals surface area contributed by atoms with E-state index in [0.29, 0.717) is 19.4 Å². The molecule has 1 aliphatic heterocycles. The van der Waals surface area contributed by atoms with Crippen molar-refractivity contribution in [2.45, 2.75) is 31.7 Å². The molecule has 0 spiro atoms. The molecule has 4 N–H and O–H groups in total. The molecule has 0 radical (unpaired) electrons. The van der Waals surface area contributed by atoms with Crippen LogP contribution < -0.4 is 5.32 Å². The molecule has 1 saturated heterocycles. The Bertz CT molecular complexity index is 304. The summed E-state index contributed by atoms with van der Waals surface area (Å²) >= 11 is 0. The Morgan fingerprint density at radius 2 is 2.18 bits per heavy atom. The minimum Gasteiger partial charge on any atom is -0.480 e. The minimum atomic E-state index is -4.37. The zero-order valence-corrected chi connectivity index (χ0v) is 10.3. The van der Waals surface area contributed by atoms with Crippen molar-refractivity contribution in [2.75, 3.05) is 13.2 Å². The Morgan fingerprint density at radius 3 is 2.76 bits per heavy atom. The van der Waals surface area contributed by atoms with Crippen LogP contribution in [-0.4, -0.2) is 40.1 Å². The topological polar surface area (TPSA) is 116 Å². The molecule has 17 heavy (non-hydrogen) atoms. The zero-order chi connectivity index (χ0) is 12.9. The van der Waals surface area contributed by atoms with Gasteiger partial charge in [0.2, 0.25) is 0 Å². The lowest BCUT2D eigenvalue weighted by molar-refractivity contribution is -0.140. The average Bonchev–Trinajstić information content (AvgIpc) is 2.23. The highest BCUT2D eigenvalue weighted by Crippen LogP contribution is 2.36. The summed E-state index contributed by atoms with van der Waals surface area (Å²) < 4.78 is 14.7. The third kappa shape index (κ3) is 6.14. The van der Waals surface area contributed by atoms with E-state index in [1.807, 2.05) is 0 Å². The lowest BCUT2D eigenvalue weighted by Crippen LogP contribution is -2.43. The van der Waals surface area contributed by atoms with Gasteiger partial charge < -0.3 is 20.2 Å². The van der Waals surface area contributed by atoms with Crippen LogP contribution >= 0.6 is 7.82 Å². The lowest BCUT2D eigenvalue weighted by Gasteiger charge is -2.27. The molecule has 2 atom stereocenters. The van der Waals surface area contributed by atoms with E-state index < -0.39 is 19.8 Å². The van der Waals surface area contributed by atoms with E-state index in [4.69, 9.17) is 14.9 Å². The first-order valence-corrected chi connectivity index (χ1v) is 7.08. The van der Waals surface area contributed by atoms with Gasteiger partial charge in [-0.05, 0) is 38.1 Å². The second-order valence-corrected chi connectivity index (χ2v) is 5.44. The van der Waals surface area contributed by atoms with Gasteiger partial charge in [0.1, 0.15) is 6.04 Å². The molecular formula is C9H18NO6P. The first-order chi connectivity index (χ1) is 7.88. The van der Waals surface area contributed by atoms with Gasteiger partial charge in [-0.15, -0.1) is 0 Å². The minimum absolute atomic E-state index is 0.00590. The first kappa shape index (κ1) is 14.6. The molecule has 7 nitrogen and oxygen atoms in total. The smallest absolute Gasteiger partial charge is 0.469 e. The lowest BCUT2D eigenvalue weighted by atomic mass is 9.89. The average molecular weight is 267 g/mol. The molecule has 2 unspecified atom stereocenters. The fourth-order valence-electron chi connectivity index (χ4n) is 2.00. The van der Waals surface area contributed by atoms with E-state index >= 15 is 0 Å². The second kappa shape index (κ2) is 6.47. The molecule has 8 heteroatoms. The van der Waals surface area contributed by atoms with E-state index in [2.05, 4.69) is 9.84 Å². The number of aliphatic carboxylic acids is 1. The Labute approximate surface area is 99.4 Å². The third-order valence-corrected chi connectivity index (χ3v) is 3.35. The molecule has 0 bridgehead atoms. The Kier molecular flexibility index (Phi) is 5.55. The largest absolute Gasteiger partial charge is 0.480 e. The number of hydrogen-bond acceptors (Lipinski definition) is 4. The first-order valence-electron chi connectivity index (χ1n) is 5.55. The maximum Gasteiger partial charge on any atom is 0.469 e. The summed E-state index contributed by atoms with van der Waals surface area (Å²) in [7, 11) is -4.37. The van der Waals surface area contributed by atoms with Crippen molar-refractivity contribution in [3.05, 3.63) is 0 Å². The summed E-state index contributed by atoms with van der Waals surface area (Å²) in [5, 5.41) is 11.8. The van der Waals surface area contributed by atoms with Crippen LogP contribution in [0, 0.1) is 5.92 Å². The van der Waals surface area contributed by atoms with Gasteiger partial charge >= 0.3 is 13.8 Å². The highest BCUT2D eigenvalue weighted by molar-refractivity contribution is 7.46. The van der Waals surface area contributed by atoms with Crippen molar-refractivity contribution in [3.8, 4) is 0 Å². The Hall–Kier alpha value is -0.460. The van der Waals surface area contributed by atoms with Gasteiger partial charge in [0.05, 0.1) is 6.61 Å². The molecule has 0 aromatic rings. The molecule has 0 saturated carbocycles. The van der Waals surface area contributed by atoms with E-state index in [1.165, 1.54) is 0 Å². The molecule has 1 heterocycles. The Balaban J connectivity index is 2.19. The van der Waals surface area contributed by atoms with Crippen molar-refractivity contribution >= 4 is 13.8 Å². The van der Waals surface area contributed by atoms with E-state index in [-0.39, 0.29) is 12.5 Å². The van der Waals surface area contributed by atoms with Gasteiger partial charge in [-0.3, -0.25) is 9.32 Å². The number of hydrogen-bond donors (Lipinski definition) is 4. The van der Waals surface area contributed by atoms with Crippen molar-refractivity contribution in [2.24, 2.45) is 5.92 Å². The third-order valence-electron chi connectivity index (χ3n) is 2.83. The number of phosphoric acid groups is 1. The van der Waals surface area contributed by atoms with E-state index in [9.17, 15) is 9.36 Å². The normalized spacial score (nSPS) is 25.8. The fourth-order valence-corrected chi connectivity index (χ4v) is 2.37. The molecule has 1 fully saturated rings. The second-order valence-electron chi connectivity index (χ2n) is 4.20. The van der Waals surface area contributed by atoms with Crippen molar-refractivity contribution in [1.82, 2.24) is 5.32 Å². The maximum absolute atomic E-state index is 10.8. The molecule has 0 aromatic heterocycles. The van der Waals surface area contributed by atoms with Crippen LogP contribution in [0.2, 0.25) is 0 Å². The van der Waals surface area contributed by atoms with Gasteiger partial charge in [0.25, 0.3) is 0 Å². The highest BCUT2D eigenvalue weighted by atomic mass is 31.2. The van der Waals surface area contributed by atoms with E-state index in [1.54, 1.807) is 0 Å². The molecule has 1 aliphatic rings. The van der Waals surface area contributed by atoms with Crippen LogP contribution in [0.4, 0.5) is 0 Å². The number of rotatable bonds is 6. The fraction of sp³-hybridized carbons (Fsp3) is 0.889. The van der Waals surface area contributed by atoms with Crippen LogP contribution in [0.1, 0.15) is 25.7 Å². The standard InChI is InChI=1S/C9H18NO6P/c11-9(12)8-6-7(3-4-10-8)2-1-5-16-17(13,14)15/h7-8,10H,1-6H2,(H,11,12)(H2,13,14,15). The van der Waals surface area contributed by atoms with Gasteiger partial charge in [-0.1, -0.05) is 0 Å². The van der Waals surface area contributed by atoms with Gasteiger partial charge in [0.15, 0.2) is 0 Å². The van der Waals surface area contributed by atoms with Crippen molar-refractivity contribution in [1.29, 1.82) is 0 Å². The number of carbonyl (C=O) groups is 1. The number of carboxylic acids is 1. The van der Waals surface area contributed by atoms with Gasteiger partial charge in [-0.2, -0.15) is 0 Å². The van der Waals surface area contributed by atoms with Crippen LogP contribution in [0.25, 0.3) is 0 Å². The summed E-state index contributed by atoms with van der Waals surface area (Å²) in [5.41, 5.74) is 0. The molecule has 0 aromatic carbocycles. The summed E-state index contributed by atoms with van der Waals surface area (Å²) in [5.74, 6) is -0.570. The highest BCUT2D eigenvalue weighted by Gasteiger charge is 2.26. The van der Waals surface area contributed by atoms with Crippen LogP contribution in [0.5, 0.6) is 0 Å². The molecule has 100 valence electrons. The van der Waals surface area contributed by atoms with Gasteiger partial charge in [-0.25, -0.2) is 4.57 Å². The molecular weight excluding hydrogens is 249 g/mol. The summed E-state index contributed by atoms with van der Waals surface area (Å²) in [6.45, 7) is 0.674. The quantitative estimate of drug-likeness (QED) is 0.404. The van der Waals surface area contributed by atoms with Crippen LogP contribution in [0.3, 0.4) is 0 Å². The van der Waals surface area contributed by atoms with Crippen LogP contribution in [0.15, 0.2) is 0 Å². The predicted molar refractivity (Wildman–Crippen MR) is 59.4 cm³/mol. The zero-order valence-electron chi connectivity index (χ0n) is 9.41. The molecule has 0 amide bonds. The monoisotopic (exact) mass is 267 g/mol. The SMILES string of the molecule is O=C(O)C1CC(CCCOP(=O)(O)O)CCN1. The molecule has 0 aliphatic carbocycles. The molecule has 1 rings (SSSR count). The number of nitrogens with one attached hydrogen (secondary N) is 1. The van der Waals surface area contributed by atoms with Crippen molar-refractivity contribution < 1.29 is 28.8 Å². The Morgan fingerprint density at radius 1 is 1.47 bits per heavy atom. The van der Waals surface area contributed by atoms with Crippen molar-refractivity contribution in [3.63, 3.8) is 0 Å². The number of carboxylic acid groups (broad SMARTS) is 1. The summed E-state index contributed by atoms with van der Waals surface area (Å²) in [6.07, 6.45) is 2.71.